The van der Waals surface area contributed by atoms with Gasteiger partial charge in [0.2, 0.25) is 0 Å². The van der Waals surface area contributed by atoms with Gasteiger partial charge in [0, 0.05) is 23.5 Å². The van der Waals surface area contributed by atoms with Crippen LogP contribution in [0, 0.1) is 5.92 Å². The Morgan fingerprint density at radius 1 is 1.20 bits per heavy atom. The summed E-state index contributed by atoms with van der Waals surface area (Å²) in [5, 5.41) is 4.34. The van der Waals surface area contributed by atoms with Crippen LogP contribution in [0.1, 0.15) is 54.8 Å². The summed E-state index contributed by atoms with van der Waals surface area (Å²) in [6.07, 6.45) is 3.67. The topological polar surface area (TPSA) is 50.4 Å². The third-order valence-electron chi connectivity index (χ3n) is 5.60. The number of aliphatic imine (C=N–C) groups is 1. The van der Waals surface area contributed by atoms with Crippen molar-refractivity contribution in [2.24, 2.45) is 16.6 Å². The van der Waals surface area contributed by atoms with Gasteiger partial charge in [-0.2, -0.15) is 0 Å². The molecule has 2 aliphatic rings. The van der Waals surface area contributed by atoms with Crippen LogP contribution in [0.5, 0.6) is 0 Å². The van der Waals surface area contributed by atoms with Crippen molar-refractivity contribution in [3.05, 3.63) is 64.2 Å². The lowest BCUT2D eigenvalue weighted by Gasteiger charge is -2.27. The Hall–Kier alpha value is -1.84. The van der Waals surface area contributed by atoms with Crippen molar-refractivity contribution < 1.29 is 0 Å². The maximum Gasteiger partial charge on any atom is 0.103 e. The molecule has 0 saturated heterocycles. The van der Waals surface area contributed by atoms with E-state index in [9.17, 15) is 0 Å². The van der Waals surface area contributed by atoms with Crippen molar-refractivity contribution in [1.82, 2.24) is 5.32 Å². The highest BCUT2D eigenvalue weighted by molar-refractivity contribution is 6.30. The van der Waals surface area contributed by atoms with E-state index in [-0.39, 0.29) is 6.04 Å². The fourth-order valence-electron chi connectivity index (χ4n) is 4.18. The van der Waals surface area contributed by atoms with Crippen LogP contribution in [0.4, 0.5) is 5.69 Å². The normalized spacial score (nSPS) is 22.9. The molecule has 0 amide bonds. The molecule has 1 aliphatic carbocycles. The molecule has 4 heteroatoms. The van der Waals surface area contributed by atoms with Crippen LogP contribution >= 0.6 is 11.6 Å². The highest BCUT2D eigenvalue weighted by atomic mass is 35.5. The molecule has 3 unspecified atom stereocenters. The number of benzene rings is 2. The van der Waals surface area contributed by atoms with E-state index in [1.807, 2.05) is 18.2 Å². The quantitative estimate of drug-likeness (QED) is 0.805. The second kappa shape index (κ2) is 6.81. The fourth-order valence-corrected chi connectivity index (χ4v) is 4.40. The molecular weight excluding hydrogens is 330 g/mol. The average molecular weight is 354 g/mol. The monoisotopic (exact) mass is 353 g/mol. The number of rotatable bonds is 4. The molecule has 1 fully saturated rings. The molecule has 2 aromatic carbocycles. The molecule has 3 atom stereocenters. The first-order chi connectivity index (χ1) is 12.1. The zero-order valence-corrected chi connectivity index (χ0v) is 15.3. The van der Waals surface area contributed by atoms with Gasteiger partial charge >= 0.3 is 0 Å². The standard InChI is InChI=1S/C21H24ClN3/c1-13(24-12-14-4-2-5-16(22)10-14)15-8-9-18-17-6-3-7-19(17)21(23)25-20(18)11-15/h2,4-5,8-11,13,17,19,24H,3,6-7,12H2,1H3,(H2,23,25). The Labute approximate surface area is 154 Å². The summed E-state index contributed by atoms with van der Waals surface area (Å²) in [4.78, 5) is 4.71. The number of amidine groups is 1. The molecule has 0 bridgehead atoms. The summed E-state index contributed by atoms with van der Waals surface area (Å²) in [5.41, 5.74) is 11.1. The first kappa shape index (κ1) is 16.6. The average Bonchev–Trinajstić information content (AvgIpc) is 3.10. The molecule has 130 valence electrons. The summed E-state index contributed by atoms with van der Waals surface area (Å²) in [6, 6.07) is 14.9. The SMILES string of the molecule is CC(NCc1cccc(Cl)c1)c1ccc2c(c1)N=C(N)C1CCCC21. The van der Waals surface area contributed by atoms with Crippen LogP contribution in [0.3, 0.4) is 0 Å². The predicted octanol–water partition coefficient (Wildman–Crippen LogP) is 5.08. The van der Waals surface area contributed by atoms with Gasteiger partial charge < -0.3 is 11.1 Å². The Bertz CT molecular complexity index is 815. The zero-order valence-electron chi connectivity index (χ0n) is 14.5. The van der Waals surface area contributed by atoms with Crippen molar-refractivity contribution >= 4 is 23.1 Å². The van der Waals surface area contributed by atoms with E-state index in [0.29, 0.717) is 11.8 Å². The first-order valence-electron chi connectivity index (χ1n) is 9.07. The van der Waals surface area contributed by atoms with E-state index in [4.69, 9.17) is 22.3 Å². The van der Waals surface area contributed by atoms with Crippen molar-refractivity contribution in [1.29, 1.82) is 0 Å². The minimum atomic E-state index is 0.238. The van der Waals surface area contributed by atoms with E-state index < -0.39 is 0 Å². The minimum Gasteiger partial charge on any atom is -0.387 e. The molecule has 2 aromatic rings. The Morgan fingerprint density at radius 3 is 2.88 bits per heavy atom. The lowest BCUT2D eigenvalue weighted by atomic mass is 9.84. The van der Waals surface area contributed by atoms with Crippen LogP contribution in [-0.2, 0) is 6.54 Å². The molecule has 3 N–H and O–H groups in total. The summed E-state index contributed by atoms with van der Waals surface area (Å²) < 4.78 is 0. The number of hydrogen-bond donors (Lipinski definition) is 2. The molecule has 0 aromatic heterocycles. The molecular formula is C21H24ClN3. The van der Waals surface area contributed by atoms with Crippen molar-refractivity contribution in [3.63, 3.8) is 0 Å². The Kier molecular flexibility index (Phi) is 4.53. The molecule has 1 heterocycles. The van der Waals surface area contributed by atoms with Crippen LogP contribution in [0.2, 0.25) is 5.02 Å². The molecule has 4 rings (SSSR count). The third-order valence-corrected chi connectivity index (χ3v) is 5.84. The molecule has 3 nitrogen and oxygen atoms in total. The fraction of sp³-hybridized carbons (Fsp3) is 0.381. The highest BCUT2D eigenvalue weighted by Gasteiger charge is 2.35. The van der Waals surface area contributed by atoms with Crippen LogP contribution in [0.25, 0.3) is 0 Å². The first-order valence-corrected chi connectivity index (χ1v) is 9.45. The smallest absolute Gasteiger partial charge is 0.103 e. The molecule has 0 radical (unpaired) electrons. The zero-order chi connectivity index (χ0) is 17.4. The molecule has 25 heavy (non-hydrogen) atoms. The van der Waals surface area contributed by atoms with Crippen LogP contribution in [0.15, 0.2) is 47.5 Å². The maximum atomic E-state index is 6.23. The van der Waals surface area contributed by atoms with Gasteiger partial charge in [-0.15, -0.1) is 0 Å². The summed E-state index contributed by atoms with van der Waals surface area (Å²) in [6.45, 7) is 2.97. The van der Waals surface area contributed by atoms with Gasteiger partial charge in [0.1, 0.15) is 5.84 Å². The number of fused-ring (bicyclic) bond motifs is 3. The van der Waals surface area contributed by atoms with Gasteiger partial charge in [-0.05, 0) is 60.6 Å². The highest BCUT2D eigenvalue weighted by Crippen LogP contribution is 2.47. The van der Waals surface area contributed by atoms with E-state index in [1.165, 1.54) is 36.0 Å². The van der Waals surface area contributed by atoms with E-state index in [1.54, 1.807) is 0 Å². The number of nitrogens with two attached hydrogens (primary N) is 1. The lowest BCUT2D eigenvalue weighted by Crippen LogP contribution is -2.28. The van der Waals surface area contributed by atoms with Gasteiger partial charge in [0.15, 0.2) is 0 Å². The van der Waals surface area contributed by atoms with Gasteiger partial charge in [0.25, 0.3) is 0 Å². The van der Waals surface area contributed by atoms with Crippen molar-refractivity contribution in [2.75, 3.05) is 0 Å². The number of nitrogens with one attached hydrogen (secondary N) is 1. The number of hydrogen-bond acceptors (Lipinski definition) is 3. The van der Waals surface area contributed by atoms with E-state index in [2.05, 4.69) is 36.5 Å². The van der Waals surface area contributed by atoms with E-state index >= 15 is 0 Å². The Morgan fingerprint density at radius 2 is 2.04 bits per heavy atom. The lowest BCUT2D eigenvalue weighted by molar-refractivity contribution is 0.572. The van der Waals surface area contributed by atoms with Gasteiger partial charge in [-0.1, -0.05) is 42.3 Å². The summed E-state index contributed by atoms with van der Waals surface area (Å²) >= 11 is 6.06. The maximum absolute atomic E-state index is 6.23. The molecule has 0 spiro atoms. The number of halogens is 1. The summed E-state index contributed by atoms with van der Waals surface area (Å²) in [7, 11) is 0. The largest absolute Gasteiger partial charge is 0.387 e. The van der Waals surface area contributed by atoms with Crippen LogP contribution < -0.4 is 11.1 Å². The molecule has 1 aliphatic heterocycles. The number of nitrogens with zero attached hydrogens (tertiary/aromatic N) is 1. The van der Waals surface area contributed by atoms with Gasteiger partial charge in [0.05, 0.1) is 5.69 Å². The molecule has 1 saturated carbocycles. The summed E-state index contributed by atoms with van der Waals surface area (Å²) in [5.74, 6) is 1.85. The third kappa shape index (κ3) is 3.31. The minimum absolute atomic E-state index is 0.238. The van der Waals surface area contributed by atoms with E-state index in [0.717, 1.165) is 23.1 Å². The van der Waals surface area contributed by atoms with Crippen molar-refractivity contribution in [3.8, 4) is 0 Å². The van der Waals surface area contributed by atoms with Crippen molar-refractivity contribution in [2.45, 2.75) is 44.7 Å². The van der Waals surface area contributed by atoms with Gasteiger partial charge in [-0.3, -0.25) is 0 Å². The second-order valence-corrected chi connectivity index (χ2v) is 7.67. The van der Waals surface area contributed by atoms with Crippen LogP contribution in [-0.4, -0.2) is 5.84 Å². The second-order valence-electron chi connectivity index (χ2n) is 7.23. The van der Waals surface area contributed by atoms with Gasteiger partial charge in [-0.25, -0.2) is 4.99 Å². The predicted molar refractivity (Wildman–Crippen MR) is 105 cm³/mol. The Balaban J connectivity index is 1.51.